The van der Waals surface area contributed by atoms with Gasteiger partial charge in [0.05, 0.1) is 5.56 Å². The molecule has 1 aromatic carbocycles. The molecule has 0 unspecified atom stereocenters. The zero-order valence-corrected chi connectivity index (χ0v) is 13.0. The second-order valence-corrected chi connectivity index (χ2v) is 6.13. The summed E-state index contributed by atoms with van der Waals surface area (Å²) in [5, 5.41) is 0. The van der Waals surface area contributed by atoms with Gasteiger partial charge in [0, 0.05) is 11.5 Å². The molecule has 0 aliphatic heterocycles. The number of ether oxygens (including phenoxy) is 1. The van der Waals surface area contributed by atoms with Crippen LogP contribution < -0.4 is 10.5 Å². The standard InChI is InChI=1S/C16H20FN3O/c1-9-6-7-11(8-12(9)17)21-14-10(2)13(18)19-15(20-14)16(3,4)5/h6-8H,1-5H3,(H2,18,19,20). The Labute approximate surface area is 124 Å². The third-order valence-electron chi connectivity index (χ3n) is 3.17. The Morgan fingerprint density at radius 3 is 2.38 bits per heavy atom. The van der Waals surface area contributed by atoms with E-state index in [2.05, 4.69) is 9.97 Å². The van der Waals surface area contributed by atoms with Gasteiger partial charge in [0.2, 0.25) is 5.88 Å². The summed E-state index contributed by atoms with van der Waals surface area (Å²) >= 11 is 0. The van der Waals surface area contributed by atoms with Gasteiger partial charge in [-0.2, -0.15) is 4.98 Å². The number of aryl methyl sites for hydroxylation is 1. The lowest BCUT2D eigenvalue weighted by Gasteiger charge is -2.19. The second kappa shape index (κ2) is 5.31. The number of nitrogen functional groups attached to an aromatic ring is 1. The molecule has 112 valence electrons. The van der Waals surface area contributed by atoms with Crippen LogP contribution in [0.25, 0.3) is 0 Å². The second-order valence-electron chi connectivity index (χ2n) is 6.13. The van der Waals surface area contributed by atoms with Gasteiger partial charge in [0.1, 0.15) is 23.2 Å². The third kappa shape index (κ3) is 3.29. The molecule has 1 heterocycles. The van der Waals surface area contributed by atoms with Crippen molar-refractivity contribution in [3.8, 4) is 11.6 Å². The molecule has 2 rings (SSSR count). The van der Waals surface area contributed by atoms with E-state index < -0.39 is 0 Å². The van der Waals surface area contributed by atoms with Crippen molar-refractivity contribution in [3.05, 3.63) is 41.0 Å². The fraction of sp³-hybridized carbons (Fsp3) is 0.375. The fourth-order valence-electron chi connectivity index (χ4n) is 1.70. The number of anilines is 1. The van der Waals surface area contributed by atoms with Gasteiger partial charge in [-0.15, -0.1) is 0 Å². The number of nitrogens with zero attached hydrogens (tertiary/aromatic N) is 2. The molecule has 0 saturated heterocycles. The van der Waals surface area contributed by atoms with Crippen LogP contribution in [0.15, 0.2) is 18.2 Å². The Kier molecular flexibility index (Phi) is 3.85. The Hall–Kier alpha value is -2.17. The lowest BCUT2D eigenvalue weighted by atomic mass is 9.95. The van der Waals surface area contributed by atoms with Gasteiger partial charge in [-0.05, 0) is 25.5 Å². The van der Waals surface area contributed by atoms with Crippen LogP contribution in [0.3, 0.4) is 0 Å². The molecule has 21 heavy (non-hydrogen) atoms. The molecule has 0 aliphatic carbocycles. The molecule has 4 nitrogen and oxygen atoms in total. The van der Waals surface area contributed by atoms with Gasteiger partial charge in [-0.25, -0.2) is 9.37 Å². The average Bonchev–Trinajstić information content (AvgIpc) is 2.38. The molecular formula is C16H20FN3O. The quantitative estimate of drug-likeness (QED) is 0.910. The molecule has 0 amide bonds. The van der Waals surface area contributed by atoms with Crippen LogP contribution in [0.5, 0.6) is 11.6 Å². The number of nitrogens with two attached hydrogens (primary N) is 1. The maximum atomic E-state index is 13.6. The van der Waals surface area contributed by atoms with E-state index in [1.165, 1.54) is 6.07 Å². The molecule has 0 bridgehead atoms. The Balaban J connectivity index is 2.43. The van der Waals surface area contributed by atoms with E-state index in [1.807, 2.05) is 20.8 Å². The highest BCUT2D eigenvalue weighted by atomic mass is 19.1. The number of rotatable bonds is 2. The molecule has 0 fully saturated rings. The normalized spacial score (nSPS) is 11.5. The minimum Gasteiger partial charge on any atom is -0.438 e. The Morgan fingerprint density at radius 2 is 1.81 bits per heavy atom. The van der Waals surface area contributed by atoms with Gasteiger partial charge in [-0.1, -0.05) is 26.8 Å². The van der Waals surface area contributed by atoms with Gasteiger partial charge in [0.25, 0.3) is 0 Å². The molecule has 0 radical (unpaired) electrons. The molecular weight excluding hydrogens is 269 g/mol. The predicted molar refractivity (Wildman–Crippen MR) is 81.1 cm³/mol. The summed E-state index contributed by atoms with van der Waals surface area (Å²) in [5.41, 5.74) is 6.88. The minimum atomic E-state index is -0.316. The smallest absolute Gasteiger partial charge is 0.227 e. The fourth-order valence-corrected chi connectivity index (χ4v) is 1.70. The number of aromatic nitrogens is 2. The summed E-state index contributed by atoms with van der Waals surface area (Å²) in [6.45, 7) is 9.46. The highest BCUT2D eigenvalue weighted by Gasteiger charge is 2.21. The van der Waals surface area contributed by atoms with Crippen molar-refractivity contribution in [1.82, 2.24) is 9.97 Å². The zero-order valence-electron chi connectivity index (χ0n) is 13.0. The van der Waals surface area contributed by atoms with E-state index in [1.54, 1.807) is 26.0 Å². The van der Waals surface area contributed by atoms with Crippen molar-refractivity contribution in [2.45, 2.75) is 40.0 Å². The largest absolute Gasteiger partial charge is 0.438 e. The third-order valence-corrected chi connectivity index (χ3v) is 3.17. The van der Waals surface area contributed by atoms with Crippen molar-refractivity contribution in [2.75, 3.05) is 5.73 Å². The molecule has 0 spiro atoms. The van der Waals surface area contributed by atoms with E-state index in [-0.39, 0.29) is 11.2 Å². The zero-order chi connectivity index (χ0) is 15.8. The first kappa shape index (κ1) is 15.2. The molecule has 1 aromatic heterocycles. The highest BCUT2D eigenvalue weighted by molar-refractivity contribution is 5.46. The Bertz CT molecular complexity index is 678. The van der Waals surface area contributed by atoms with Gasteiger partial charge < -0.3 is 10.5 Å². The Morgan fingerprint density at radius 1 is 1.14 bits per heavy atom. The first-order chi connectivity index (χ1) is 9.68. The number of hydrogen-bond acceptors (Lipinski definition) is 4. The van der Waals surface area contributed by atoms with Crippen LogP contribution in [0, 0.1) is 19.7 Å². The summed E-state index contributed by atoms with van der Waals surface area (Å²) in [4.78, 5) is 8.71. The van der Waals surface area contributed by atoms with E-state index in [0.29, 0.717) is 34.4 Å². The predicted octanol–water partition coefficient (Wildman–Crippen LogP) is 3.90. The topological polar surface area (TPSA) is 61.0 Å². The maximum Gasteiger partial charge on any atom is 0.227 e. The average molecular weight is 289 g/mol. The summed E-state index contributed by atoms with van der Waals surface area (Å²) in [5.74, 6) is 1.39. The van der Waals surface area contributed by atoms with Gasteiger partial charge >= 0.3 is 0 Å². The lowest BCUT2D eigenvalue weighted by Crippen LogP contribution is -2.18. The monoisotopic (exact) mass is 289 g/mol. The SMILES string of the molecule is Cc1ccc(Oc2nc(C(C)(C)C)nc(N)c2C)cc1F. The van der Waals surface area contributed by atoms with Gasteiger partial charge in [-0.3, -0.25) is 0 Å². The van der Waals surface area contributed by atoms with Crippen LogP contribution in [0.4, 0.5) is 10.2 Å². The minimum absolute atomic E-state index is 0.252. The first-order valence-corrected chi connectivity index (χ1v) is 6.77. The molecule has 2 aromatic rings. The number of halogens is 1. The first-order valence-electron chi connectivity index (χ1n) is 6.77. The van der Waals surface area contributed by atoms with Crippen LogP contribution in [-0.4, -0.2) is 9.97 Å². The summed E-state index contributed by atoms with van der Waals surface area (Å²) in [6.07, 6.45) is 0. The van der Waals surface area contributed by atoms with Crippen molar-refractivity contribution < 1.29 is 9.13 Å². The molecule has 2 N–H and O–H groups in total. The molecule has 0 saturated carbocycles. The van der Waals surface area contributed by atoms with E-state index in [9.17, 15) is 4.39 Å². The van der Waals surface area contributed by atoms with E-state index in [4.69, 9.17) is 10.5 Å². The maximum absolute atomic E-state index is 13.6. The summed E-state index contributed by atoms with van der Waals surface area (Å²) in [7, 11) is 0. The van der Waals surface area contributed by atoms with Crippen molar-refractivity contribution in [1.29, 1.82) is 0 Å². The lowest BCUT2D eigenvalue weighted by molar-refractivity contribution is 0.439. The molecule has 5 heteroatoms. The van der Waals surface area contributed by atoms with Crippen molar-refractivity contribution in [2.24, 2.45) is 0 Å². The number of hydrogen-bond donors (Lipinski definition) is 1. The summed E-state index contributed by atoms with van der Waals surface area (Å²) < 4.78 is 19.3. The highest BCUT2D eigenvalue weighted by Crippen LogP contribution is 2.29. The molecule has 0 aliphatic rings. The van der Waals surface area contributed by atoms with Gasteiger partial charge in [0.15, 0.2) is 0 Å². The van der Waals surface area contributed by atoms with Crippen LogP contribution >= 0.6 is 0 Å². The molecule has 0 atom stereocenters. The van der Waals surface area contributed by atoms with Crippen molar-refractivity contribution in [3.63, 3.8) is 0 Å². The van der Waals surface area contributed by atoms with E-state index in [0.717, 1.165) is 0 Å². The van der Waals surface area contributed by atoms with Crippen LogP contribution in [0.1, 0.15) is 37.7 Å². The summed E-state index contributed by atoms with van der Waals surface area (Å²) in [6, 6.07) is 4.70. The van der Waals surface area contributed by atoms with Crippen LogP contribution in [0.2, 0.25) is 0 Å². The number of benzene rings is 1. The van der Waals surface area contributed by atoms with E-state index >= 15 is 0 Å². The van der Waals surface area contributed by atoms with Crippen molar-refractivity contribution >= 4 is 5.82 Å². The van der Waals surface area contributed by atoms with Crippen LogP contribution in [-0.2, 0) is 5.41 Å².